The van der Waals surface area contributed by atoms with Gasteiger partial charge in [-0.05, 0) is 36.4 Å². The van der Waals surface area contributed by atoms with Gasteiger partial charge in [0.2, 0.25) is 16.8 Å². The lowest BCUT2D eigenvalue weighted by atomic mass is 10.1. The van der Waals surface area contributed by atoms with E-state index in [0.717, 1.165) is 11.8 Å². The first-order chi connectivity index (χ1) is 14.5. The van der Waals surface area contributed by atoms with Crippen molar-refractivity contribution in [2.24, 2.45) is 0 Å². The number of hydrogen-bond acceptors (Lipinski definition) is 8. The quantitative estimate of drug-likeness (QED) is 0.412. The molecule has 11 heteroatoms. The third-order valence-corrected chi connectivity index (χ3v) is 4.99. The van der Waals surface area contributed by atoms with Crippen molar-refractivity contribution in [3.05, 3.63) is 42.2 Å². The van der Waals surface area contributed by atoms with Crippen LogP contribution < -0.4 is 25.4 Å². The van der Waals surface area contributed by atoms with E-state index in [9.17, 15) is 9.18 Å². The minimum atomic E-state index is -0.377. The molecule has 3 N–H and O–H groups in total. The van der Waals surface area contributed by atoms with Crippen LogP contribution in [0.2, 0.25) is 0 Å². The normalized spacial score (nSPS) is 10.5. The molecule has 0 atom stereocenters. The van der Waals surface area contributed by atoms with Crippen molar-refractivity contribution in [2.45, 2.75) is 5.16 Å². The summed E-state index contributed by atoms with van der Waals surface area (Å²) in [6.07, 6.45) is 0. The third kappa shape index (κ3) is 4.57. The van der Waals surface area contributed by atoms with Gasteiger partial charge < -0.3 is 25.4 Å². The Hall–Kier alpha value is -3.47. The standard InChI is InChI=1S/C19H20FN5O4S/c1-27-14-8-11(9-15(28-2)17(14)29-3)18-23-24-19(25(18)21)30-10-16(26)22-13-6-4-12(20)5-7-13/h4-9H,10,21H2,1-3H3,(H,22,26). The molecule has 0 saturated carbocycles. The molecule has 158 valence electrons. The molecule has 30 heavy (non-hydrogen) atoms. The molecule has 0 aliphatic carbocycles. The van der Waals surface area contributed by atoms with Crippen LogP contribution in [-0.2, 0) is 4.79 Å². The molecule has 2 aromatic carbocycles. The second kappa shape index (κ2) is 9.35. The maximum Gasteiger partial charge on any atom is 0.234 e. The van der Waals surface area contributed by atoms with Crippen LogP contribution >= 0.6 is 11.8 Å². The lowest BCUT2D eigenvalue weighted by Crippen LogP contribution is -2.16. The molecule has 0 radical (unpaired) electrons. The van der Waals surface area contributed by atoms with Gasteiger partial charge in [0.05, 0.1) is 27.1 Å². The van der Waals surface area contributed by atoms with E-state index >= 15 is 0 Å². The number of carbonyl (C=O) groups excluding carboxylic acids is 1. The molecule has 1 amide bonds. The number of anilines is 1. The molecule has 0 bridgehead atoms. The van der Waals surface area contributed by atoms with Gasteiger partial charge in [0.1, 0.15) is 5.82 Å². The number of benzene rings is 2. The number of rotatable bonds is 8. The van der Waals surface area contributed by atoms with E-state index < -0.39 is 0 Å². The highest BCUT2D eigenvalue weighted by molar-refractivity contribution is 7.99. The zero-order chi connectivity index (χ0) is 21.7. The fourth-order valence-corrected chi connectivity index (χ4v) is 3.30. The average molecular weight is 433 g/mol. The van der Waals surface area contributed by atoms with Gasteiger partial charge in [-0.1, -0.05) is 11.8 Å². The second-order valence-electron chi connectivity index (χ2n) is 5.93. The van der Waals surface area contributed by atoms with Crippen LogP contribution in [0.25, 0.3) is 11.4 Å². The average Bonchev–Trinajstić information content (AvgIpc) is 3.13. The Morgan fingerprint density at radius 3 is 2.30 bits per heavy atom. The Balaban J connectivity index is 1.74. The zero-order valence-electron chi connectivity index (χ0n) is 16.5. The summed E-state index contributed by atoms with van der Waals surface area (Å²) in [6.45, 7) is 0. The molecule has 1 aromatic heterocycles. The molecule has 0 spiro atoms. The van der Waals surface area contributed by atoms with Crippen LogP contribution in [0.15, 0.2) is 41.6 Å². The van der Waals surface area contributed by atoms with Crippen molar-refractivity contribution in [3.8, 4) is 28.6 Å². The number of nitrogen functional groups attached to an aromatic ring is 1. The number of hydrogen-bond donors (Lipinski definition) is 2. The molecule has 0 unspecified atom stereocenters. The molecular formula is C19H20FN5O4S. The summed E-state index contributed by atoms with van der Waals surface area (Å²) in [5.74, 6) is 7.20. The number of carbonyl (C=O) groups is 1. The van der Waals surface area contributed by atoms with Crippen LogP contribution in [0, 0.1) is 5.82 Å². The summed E-state index contributed by atoms with van der Waals surface area (Å²) in [5.41, 5.74) is 1.09. The molecule has 0 saturated heterocycles. The summed E-state index contributed by atoms with van der Waals surface area (Å²) in [5, 5.41) is 11.2. The van der Waals surface area contributed by atoms with Crippen molar-refractivity contribution in [1.29, 1.82) is 0 Å². The van der Waals surface area contributed by atoms with Crippen LogP contribution in [-0.4, -0.2) is 47.9 Å². The first-order valence-electron chi connectivity index (χ1n) is 8.66. The summed E-state index contributed by atoms with van der Waals surface area (Å²) in [7, 11) is 4.53. The minimum Gasteiger partial charge on any atom is -0.493 e. The predicted octanol–water partition coefficient (Wildman–Crippen LogP) is 2.55. The summed E-state index contributed by atoms with van der Waals surface area (Å²) < 4.78 is 30.2. The topological polar surface area (TPSA) is 114 Å². The number of ether oxygens (including phenoxy) is 3. The van der Waals surface area contributed by atoms with Crippen molar-refractivity contribution in [3.63, 3.8) is 0 Å². The van der Waals surface area contributed by atoms with E-state index in [1.807, 2.05) is 0 Å². The number of amides is 1. The highest BCUT2D eigenvalue weighted by atomic mass is 32.2. The Bertz CT molecular complexity index is 1020. The predicted molar refractivity (Wildman–Crippen MR) is 111 cm³/mol. The number of nitrogens with two attached hydrogens (primary N) is 1. The van der Waals surface area contributed by atoms with Crippen LogP contribution in [0.5, 0.6) is 17.2 Å². The van der Waals surface area contributed by atoms with E-state index in [1.165, 1.54) is 50.3 Å². The SMILES string of the molecule is COc1cc(-c2nnc(SCC(=O)Nc3ccc(F)cc3)n2N)cc(OC)c1OC. The van der Waals surface area contributed by atoms with Crippen LogP contribution in [0.1, 0.15) is 0 Å². The van der Waals surface area contributed by atoms with Gasteiger partial charge in [0, 0.05) is 11.3 Å². The molecule has 3 rings (SSSR count). The first kappa shape index (κ1) is 21.2. The van der Waals surface area contributed by atoms with Gasteiger partial charge in [0.25, 0.3) is 0 Å². The van der Waals surface area contributed by atoms with E-state index in [2.05, 4.69) is 15.5 Å². The molecule has 3 aromatic rings. The molecule has 0 aliphatic heterocycles. The van der Waals surface area contributed by atoms with Crippen molar-refractivity contribution in [1.82, 2.24) is 14.9 Å². The lowest BCUT2D eigenvalue weighted by molar-refractivity contribution is -0.113. The van der Waals surface area contributed by atoms with E-state index in [-0.39, 0.29) is 17.5 Å². The second-order valence-corrected chi connectivity index (χ2v) is 6.88. The molecule has 0 fully saturated rings. The summed E-state index contributed by atoms with van der Waals surface area (Å²) >= 11 is 1.11. The highest BCUT2D eigenvalue weighted by Gasteiger charge is 2.19. The molecule has 9 nitrogen and oxygen atoms in total. The number of nitrogens with zero attached hydrogens (tertiary/aromatic N) is 3. The van der Waals surface area contributed by atoms with Gasteiger partial charge in [-0.2, -0.15) is 0 Å². The number of thioether (sulfide) groups is 1. The molecular weight excluding hydrogens is 413 g/mol. The van der Waals surface area contributed by atoms with Gasteiger partial charge >= 0.3 is 0 Å². The third-order valence-electron chi connectivity index (χ3n) is 4.05. The Labute approximate surface area is 176 Å². The largest absolute Gasteiger partial charge is 0.493 e. The molecule has 0 aliphatic rings. The van der Waals surface area contributed by atoms with Crippen molar-refractivity contribution in [2.75, 3.05) is 38.2 Å². The Morgan fingerprint density at radius 2 is 1.73 bits per heavy atom. The number of nitrogens with one attached hydrogen (secondary N) is 1. The number of halogens is 1. The maximum atomic E-state index is 12.9. The van der Waals surface area contributed by atoms with Gasteiger partial charge in [-0.15, -0.1) is 10.2 Å². The van der Waals surface area contributed by atoms with Crippen molar-refractivity contribution < 1.29 is 23.4 Å². The fraction of sp³-hybridized carbons (Fsp3) is 0.211. The molecule has 1 heterocycles. The monoisotopic (exact) mass is 433 g/mol. The lowest BCUT2D eigenvalue weighted by Gasteiger charge is -2.13. The Kier molecular flexibility index (Phi) is 6.62. The number of aromatic nitrogens is 3. The zero-order valence-corrected chi connectivity index (χ0v) is 17.3. The van der Waals surface area contributed by atoms with Crippen molar-refractivity contribution >= 4 is 23.4 Å². The highest BCUT2D eigenvalue weighted by Crippen LogP contribution is 2.40. The minimum absolute atomic E-state index is 0.0436. The van der Waals surface area contributed by atoms with Gasteiger partial charge in [0.15, 0.2) is 17.3 Å². The summed E-state index contributed by atoms with van der Waals surface area (Å²) in [6, 6.07) is 8.89. The number of methoxy groups -OCH3 is 3. The van der Waals surface area contributed by atoms with E-state index in [1.54, 1.807) is 12.1 Å². The summed E-state index contributed by atoms with van der Waals surface area (Å²) in [4.78, 5) is 12.1. The fourth-order valence-electron chi connectivity index (χ4n) is 2.64. The van der Waals surface area contributed by atoms with E-state index in [4.69, 9.17) is 20.1 Å². The van der Waals surface area contributed by atoms with Gasteiger partial charge in [-0.3, -0.25) is 4.79 Å². The van der Waals surface area contributed by atoms with Crippen LogP contribution in [0.4, 0.5) is 10.1 Å². The van der Waals surface area contributed by atoms with Gasteiger partial charge in [-0.25, -0.2) is 9.07 Å². The maximum absolute atomic E-state index is 12.9. The Morgan fingerprint density at radius 1 is 1.10 bits per heavy atom. The van der Waals surface area contributed by atoms with E-state index in [0.29, 0.717) is 39.5 Å². The smallest absolute Gasteiger partial charge is 0.234 e. The van der Waals surface area contributed by atoms with Crippen LogP contribution in [0.3, 0.4) is 0 Å². The first-order valence-corrected chi connectivity index (χ1v) is 9.64.